The minimum Gasteiger partial charge on any atom is -0.465 e. The van der Waals surface area contributed by atoms with Gasteiger partial charge in [0.1, 0.15) is 23.7 Å². The predicted octanol–water partition coefficient (Wildman–Crippen LogP) is 7.89. The van der Waals surface area contributed by atoms with Gasteiger partial charge in [-0.3, -0.25) is 14.5 Å². The number of methoxy groups -OCH3 is 1. The Labute approximate surface area is 367 Å². The molecule has 3 aromatic carbocycles. The number of amides is 4. The fourth-order valence-corrected chi connectivity index (χ4v) is 9.72. The van der Waals surface area contributed by atoms with Gasteiger partial charge in [0.05, 0.1) is 43.0 Å². The smallest absolute Gasteiger partial charge is 0.407 e. The summed E-state index contributed by atoms with van der Waals surface area (Å²) in [5.41, 5.74) is 5.81. The van der Waals surface area contributed by atoms with Gasteiger partial charge in [-0.05, 0) is 89.0 Å². The van der Waals surface area contributed by atoms with Gasteiger partial charge in [0.2, 0.25) is 11.8 Å². The van der Waals surface area contributed by atoms with E-state index in [4.69, 9.17) is 19.4 Å². The van der Waals surface area contributed by atoms with Gasteiger partial charge < -0.3 is 39.7 Å². The first-order chi connectivity index (χ1) is 30.3. The summed E-state index contributed by atoms with van der Waals surface area (Å²) in [5, 5.41) is 14.8. The van der Waals surface area contributed by atoms with E-state index in [2.05, 4.69) is 89.8 Å². The summed E-state index contributed by atoms with van der Waals surface area (Å²) in [6.07, 6.45) is 4.67. The van der Waals surface area contributed by atoms with Gasteiger partial charge in [0.15, 0.2) is 0 Å². The van der Waals surface area contributed by atoms with Gasteiger partial charge in [0, 0.05) is 38.9 Å². The number of benzene rings is 3. The maximum Gasteiger partial charge on any atom is 0.407 e. The lowest BCUT2D eigenvalue weighted by Gasteiger charge is -2.37. The van der Waals surface area contributed by atoms with Gasteiger partial charge in [-0.25, -0.2) is 19.6 Å². The van der Waals surface area contributed by atoms with Crippen LogP contribution in [0.3, 0.4) is 0 Å². The van der Waals surface area contributed by atoms with Gasteiger partial charge >= 0.3 is 12.2 Å². The number of hydrogen-bond acceptors (Lipinski definition) is 8. The topological polar surface area (TPSA) is 186 Å². The van der Waals surface area contributed by atoms with Gasteiger partial charge in [-0.1, -0.05) is 76.2 Å². The van der Waals surface area contributed by atoms with Crippen molar-refractivity contribution in [2.75, 3.05) is 40.5 Å². The van der Waals surface area contributed by atoms with E-state index in [1.807, 2.05) is 36.0 Å². The number of likely N-dealkylation sites (tertiary alicyclic amines) is 2. The molecule has 6 atom stereocenters. The zero-order valence-corrected chi connectivity index (χ0v) is 36.8. The maximum absolute atomic E-state index is 14.2. The molecule has 0 saturated carbocycles. The largest absolute Gasteiger partial charge is 0.465 e. The summed E-state index contributed by atoms with van der Waals surface area (Å²) in [7, 11) is 2.78. The van der Waals surface area contributed by atoms with Crippen LogP contribution in [0.5, 0.6) is 0 Å². The minimum absolute atomic E-state index is 0.104. The average molecular weight is 859 g/mol. The van der Waals surface area contributed by atoms with E-state index in [-0.39, 0.29) is 47.6 Å². The van der Waals surface area contributed by atoms with Crippen molar-refractivity contribution < 1.29 is 33.8 Å². The van der Waals surface area contributed by atoms with E-state index < -0.39 is 24.3 Å². The van der Waals surface area contributed by atoms with Crippen molar-refractivity contribution in [2.24, 2.45) is 23.7 Å². The summed E-state index contributed by atoms with van der Waals surface area (Å²) in [5.74, 6) is 1.39. The number of carboxylic acid groups (broad SMARTS) is 1. The fraction of sp³-hybridized carbons (Fsp3) is 0.458. The van der Waals surface area contributed by atoms with Crippen molar-refractivity contribution in [3.8, 4) is 33.6 Å². The molecular weight excluding hydrogens is 801 g/mol. The number of rotatable bonds is 11. The molecule has 0 unspecified atom stereocenters. The van der Waals surface area contributed by atoms with E-state index in [1.165, 1.54) is 19.1 Å². The van der Waals surface area contributed by atoms with Crippen LogP contribution < -0.4 is 5.32 Å². The van der Waals surface area contributed by atoms with E-state index in [0.717, 1.165) is 63.1 Å². The second-order valence-electron chi connectivity index (χ2n) is 18.1. The van der Waals surface area contributed by atoms with Gasteiger partial charge in [-0.2, -0.15) is 0 Å². The SMILES string of the molecule is COC(=O)N[C@H](C(=O)N1C[C@@H](C)C[C@H]1c1ncc(-c2ccc3cc(-c4ccc(-c5cnc([C@@H]6C[C@H](C)CN6C(=O)[C@H](C6CCOCC6)N(C)C(=O)O)[nH]5)cc4)ccc3c2)[nH]1)C(C)C. The number of likely N-dealkylation sites (N-methyl/N-ethyl adjacent to an activating group) is 1. The molecule has 63 heavy (non-hydrogen) atoms. The third-order valence-electron chi connectivity index (χ3n) is 13.2. The molecular formula is C48H58N8O7. The van der Waals surface area contributed by atoms with Crippen molar-refractivity contribution in [1.82, 2.24) is 40.0 Å². The molecule has 3 aliphatic rings. The summed E-state index contributed by atoms with van der Waals surface area (Å²) in [6.45, 7) is 10.2. The highest BCUT2D eigenvalue weighted by molar-refractivity contribution is 5.91. The fourth-order valence-electron chi connectivity index (χ4n) is 9.72. The van der Waals surface area contributed by atoms with Crippen LogP contribution in [0.4, 0.5) is 9.59 Å². The number of aromatic nitrogens is 4. The molecule has 15 nitrogen and oxygen atoms in total. The number of fused-ring (bicyclic) bond motifs is 1. The zero-order chi connectivity index (χ0) is 44.5. The van der Waals surface area contributed by atoms with Crippen molar-refractivity contribution in [3.05, 3.63) is 84.7 Å². The molecule has 0 radical (unpaired) electrons. The molecule has 3 fully saturated rings. The first-order valence-electron chi connectivity index (χ1n) is 22.0. The highest BCUT2D eigenvalue weighted by atomic mass is 16.5. The number of nitrogens with zero attached hydrogens (tertiary/aromatic N) is 5. The van der Waals surface area contributed by atoms with E-state index >= 15 is 0 Å². The lowest BCUT2D eigenvalue weighted by Crippen LogP contribution is -2.53. The summed E-state index contributed by atoms with van der Waals surface area (Å²) >= 11 is 0. The van der Waals surface area contributed by atoms with Crippen LogP contribution in [-0.4, -0.2) is 116 Å². The highest BCUT2D eigenvalue weighted by Gasteiger charge is 2.44. The van der Waals surface area contributed by atoms with Crippen LogP contribution in [0.25, 0.3) is 44.4 Å². The molecule has 0 bridgehead atoms. The molecule has 15 heteroatoms. The highest BCUT2D eigenvalue weighted by Crippen LogP contribution is 2.39. The molecule has 5 heterocycles. The normalized spacial score (nSPS) is 21.4. The Morgan fingerprint density at radius 3 is 1.84 bits per heavy atom. The van der Waals surface area contributed by atoms with E-state index in [0.29, 0.717) is 45.0 Å². The number of aromatic amines is 2. The van der Waals surface area contributed by atoms with Crippen LogP contribution >= 0.6 is 0 Å². The Morgan fingerprint density at radius 2 is 1.29 bits per heavy atom. The number of carbonyl (C=O) groups excluding carboxylic acids is 3. The van der Waals surface area contributed by atoms with Crippen LogP contribution in [-0.2, 0) is 19.1 Å². The summed E-state index contributed by atoms with van der Waals surface area (Å²) in [6, 6.07) is 19.1. The lowest BCUT2D eigenvalue weighted by atomic mass is 9.89. The Kier molecular flexibility index (Phi) is 12.6. The zero-order valence-electron chi connectivity index (χ0n) is 36.8. The van der Waals surface area contributed by atoms with Crippen LogP contribution in [0, 0.1) is 23.7 Å². The molecule has 2 aromatic heterocycles. The average Bonchev–Trinajstić information content (AvgIpc) is 4.12. The lowest BCUT2D eigenvalue weighted by molar-refractivity contribution is -0.140. The monoisotopic (exact) mass is 858 g/mol. The maximum atomic E-state index is 14.2. The Hall–Kier alpha value is -6.22. The quantitative estimate of drug-likeness (QED) is 0.103. The minimum atomic E-state index is -1.11. The van der Waals surface area contributed by atoms with Crippen molar-refractivity contribution in [1.29, 1.82) is 0 Å². The molecule has 0 spiro atoms. The standard InChI is InChI=1S/C48H58N8O7/c1-27(2)41(53-47(59)62-6)45(57)55-25-28(3)19-39(55)43-50-24-38(52-43)36-14-13-34-21-33(11-12-35(34)22-36)30-7-9-31(10-8-30)37-23-49-44(51-37)40-20-29(4)26-56(40)46(58)42(54(5)48(60)61)32-15-17-63-18-16-32/h7-14,21-24,27-29,32,39-42H,15-20,25-26H2,1-6H3,(H,49,51)(H,50,52)(H,53,59)(H,60,61)/t28-,29-,39-,40-,41-,42-/m0/s1. The second-order valence-corrected chi connectivity index (χ2v) is 18.1. The van der Waals surface area contributed by atoms with Gasteiger partial charge in [0.25, 0.3) is 0 Å². The number of alkyl carbamates (subject to hydrolysis) is 1. The molecule has 4 N–H and O–H groups in total. The van der Waals surface area contributed by atoms with Crippen molar-refractivity contribution in [3.63, 3.8) is 0 Å². The van der Waals surface area contributed by atoms with Crippen LogP contribution in [0.2, 0.25) is 0 Å². The summed E-state index contributed by atoms with van der Waals surface area (Å²) in [4.78, 5) is 73.5. The summed E-state index contributed by atoms with van der Waals surface area (Å²) < 4.78 is 10.3. The number of nitrogens with one attached hydrogen (secondary N) is 3. The Balaban J connectivity index is 0.954. The third-order valence-corrected chi connectivity index (χ3v) is 13.2. The Morgan fingerprint density at radius 1 is 0.778 bits per heavy atom. The molecule has 5 aromatic rings. The number of ether oxygens (including phenoxy) is 2. The molecule has 3 aliphatic heterocycles. The molecule has 4 amide bonds. The van der Waals surface area contributed by atoms with Gasteiger partial charge in [-0.15, -0.1) is 0 Å². The molecule has 332 valence electrons. The first-order valence-corrected chi connectivity index (χ1v) is 22.0. The number of imidazole rings is 2. The van der Waals surface area contributed by atoms with Crippen LogP contribution in [0.1, 0.15) is 77.1 Å². The third kappa shape index (κ3) is 9.01. The van der Waals surface area contributed by atoms with Crippen molar-refractivity contribution in [2.45, 2.75) is 77.5 Å². The number of hydrogen-bond donors (Lipinski definition) is 4. The van der Waals surface area contributed by atoms with E-state index in [9.17, 15) is 24.3 Å². The predicted molar refractivity (Wildman–Crippen MR) is 238 cm³/mol. The molecule has 0 aliphatic carbocycles. The number of H-pyrrole nitrogens is 2. The van der Waals surface area contributed by atoms with Crippen LogP contribution in [0.15, 0.2) is 73.1 Å². The molecule has 3 saturated heterocycles. The van der Waals surface area contributed by atoms with E-state index in [1.54, 1.807) is 0 Å². The van der Waals surface area contributed by atoms with Crippen molar-refractivity contribution >= 4 is 34.8 Å². The Bertz CT molecular complexity index is 2460. The first kappa shape index (κ1) is 43.4. The second kappa shape index (κ2) is 18.2. The molecule has 8 rings (SSSR count). The number of carbonyl (C=O) groups is 4.